The van der Waals surface area contributed by atoms with E-state index in [-0.39, 0.29) is 0 Å². The Morgan fingerprint density at radius 3 is 1.57 bits per heavy atom. The zero-order valence-corrected chi connectivity index (χ0v) is 16.5. The van der Waals surface area contributed by atoms with E-state index in [1.165, 1.54) is 57.8 Å². The van der Waals surface area contributed by atoms with Gasteiger partial charge in [-0.1, -0.05) is 71.6 Å². The van der Waals surface area contributed by atoms with Crippen LogP contribution in [-0.4, -0.2) is 25.8 Å². The third-order valence-electron chi connectivity index (χ3n) is 4.31. The molecule has 0 aliphatic carbocycles. The Morgan fingerprint density at radius 1 is 0.609 bits per heavy atom. The third-order valence-corrected chi connectivity index (χ3v) is 4.31. The fourth-order valence-electron chi connectivity index (χ4n) is 3.19. The zero-order valence-electron chi connectivity index (χ0n) is 16.5. The van der Waals surface area contributed by atoms with Crippen molar-refractivity contribution in [2.45, 2.75) is 105 Å². The summed E-state index contributed by atoms with van der Waals surface area (Å²) < 4.78 is 17.8. The Hall–Kier alpha value is -0.120. The van der Waals surface area contributed by atoms with E-state index >= 15 is 0 Å². The molecule has 0 saturated carbocycles. The highest BCUT2D eigenvalue weighted by Crippen LogP contribution is 2.31. The van der Waals surface area contributed by atoms with E-state index < -0.39 is 5.97 Å². The lowest BCUT2D eigenvalue weighted by molar-refractivity contribution is -0.384. The molecule has 0 spiro atoms. The van der Waals surface area contributed by atoms with E-state index in [0.29, 0.717) is 25.7 Å². The van der Waals surface area contributed by atoms with Gasteiger partial charge < -0.3 is 14.2 Å². The topological polar surface area (TPSA) is 27.7 Å². The molecule has 0 N–H and O–H groups in total. The smallest absolute Gasteiger partial charge is 0.283 e. The molecule has 0 heterocycles. The molecule has 0 aliphatic heterocycles. The first-order valence-electron chi connectivity index (χ1n) is 10.1. The number of hydrogen-bond acceptors (Lipinski definition) is 3. The highest BCUT2D eigenvalue weighted by Gasteiger charge is 2.35. The van der Waals surface area contributed by atoms with E-state index in [9.17, 15) is 0 Å². The minimum absolute atomic E-state index is 0.622. The van der Waals surface area contributed by atoms with Gasteiger partial charge in [0, 0.05) is 26.2 Å². The highest BCUT2D eigenvalue weighted by molar-refractivity contribution is 4.69. The Balaban J connectivity index is 4.61. The van der Waals surface area contributed by atoms with Crippen LogP contribution in [-0.2, 0) is 14.2 Å². The average Bonchev–Trinajstić information content (AvgIpc) is 2.53. The van der Waals surface area contributed by atoms with Crippen LogP contribution in [0.3, 0.4) is 0 Å². The first-order chi connectivity index (χ1) is 11.2. The molecule has 1 unspecified atom stereocenters. The molecule has 0 radical (unpaired) electrons. The predicted molar refractivity (Wildman–Crippen MR) is 98.6 cm³/mol. The molecule has 0 bridgehead atoms. The summed E-state index contributed by atoms with van der Waals surface area (Å²) in [6, 6.07) is 0. The third kappa shape index (κ3) is 11.1. The van der Waals surface area contributed by atoms with Crippen molar-refractivity contribution in [1.82, 2.24) is 0 Å². The first kappa shape index (κ1) is 22.9. The van der Waals surface area contributed by atoms with Crippen LogP contribution in [0.4, 0.5) is 0 Å². The van der Waals surface area contributed by atoms with Crippen LogP contribution in [0, 0.1) is 5.92 Å². The number of ether oxygens (including phenoxy) is 3. The van der Waals surface area contributed by atoms with Gasteiger partial charge in [0.15, 0.2) is 0 Å². The van der Waals surface area contributed by atoms with Gasteiger partial charge in [-0.3, -0.25) is 0 Å². The Morgan fingerprint density at radius 2 is 1.09 bits per heavy atom. The van der Waals surface area contributed by atoms with Gasteiger partial charge >= 0.3 is 0 Å². The number of hydrogen-bond donors (Lipinski definition) is 0. The quantitative estimate of drug-likeness (QED) is 0.231. The van der Waals surface area contributed by atoms with Crippen LogP contribution in [0.25, 0.3) is 0 Å². The lowest BCUT2D eigenvalue weighted by Crippen LogP contribution is -2.41. The normalized spacial score (nSPS) is 13.4. The van der Waals surface area contributed by atoms with Crippen molar-refractivity contribution in [3.63, 3.8) is 0 Å². The van der Waals surface area contributed by atoms with Crippen LogP contribution in [0.1, 0.15) is 98.8 Å². The molecule has 0 amide bonds. The molecule has 0 saturated heterocycles. The SMILES string of the molecule is CCCCCCCC(CCCC)CC(OCC)(OCC)OCC. The van der Waals surface area contributed by atoms with E-state index in [1.807, 2.05) is 20.8 Å². The molecular weight excluding hydrogens is 288 g/mol. The maximum Gasteiger partial charge on any atom is 0.283 e. The average molecular weight is 331 g/mol. The second-order valence-electron chi connectivity index (χ2n) is 6.40. The van der Waals surface area contributed by atoms with Crippen molar-refractivity contribution in [1.29, 1.82) is 0 Å². The molecule has 0 aromatic carbocycles. The summed E-state index contributed by atoms with van der Waals surface area (Å²) in [4.78, 5) is 0. The summed E-state index contributed by atoms with van der Waals surface area (Å²) in [5, 5.41) is 0. The Kier molecular flexibility index (Phi) is 15.3. The minimum atomic E-state index is -0.833. The number of rotatable bonds is 17. The van der Waals surface area contributed by atoms with Gasteiger partial charge in [-0.15, -0.1) is 0 Å². The molecule has 3 heteroatoms. The van der Waals surface area contributed by atoms with E-state index in [1.54, 1.807) is 0 Å². The largest absolute Gasteiger partial charge is 0.328 e. The lowest BCUT2D eigenvalue weighted by Gasteiger charge is -2.35. The summed E-state index contributed by atoms with van der Waals surface area (Å²) >= 11 is 0. The summed E-state index contributed by atoms with van der Waals surface area (Å²) in [7, 11) is 0. The molecule has 0 rings (SSSR count). The minimum Gasteiger partial charge on any atom is -0.328 e. The van der Waals surface area contributed by atoms with Crippen molar-refractivity contribution in [3.8, 4) is 0 Å². The molecule has 0 fully saturated rings. The summed E-state index contributed by atoms with van der Waals surface area (Å²) in [5.74, 6) is -0.207. The second-order valence-corrected chi connectivity index (χ2v) is 6.40. The first-order valence-corrected chi connectivity index (χ1v) is 10.1. The number of unbranched alkanes of at least 4 members (excludes halogenated alkanes) is 5. The summed E-state index contributed by atoms with van der Waals surface area (Å²) in [5.41, 5.74) is 0. The molecule has 1 atom stereocenters. The van der Waals surface area contributed by atoms with Gasteiger partial charge in [0.2, 0.25) is 0 Å². The molecule has 0 aliphatic rings. The van der Waals surface area contributed by atoms with Gasteiger partial charge in [0.1, 0.15) is 0 Å². The van der Waals surface area contributed by atoms with Crippen molar-refractivity contribution in [2.75, 3.05) is 19.8 Å². The standard InChI is InChI=1S/C20H42O3/c1-6-11-13-14-15-17-19(16-12-7-2)18-20(21-8-3,22-9-4)23-10-5/h19H,6-18H2,1-5H3. The van der Waals surface area contributed by atoms with E-state index in [2.05, 4.69) is 13.8 Å². The second kappa shape index (κ2) is 15.4. The lowest BCUT2D eigenvalue weighted by atomic mass is 9.91. The Labute approximate surface area is 145 Å². The van der Waals surface area contributed by atoms with E-state index in [0.717, 1.165) is 6.42 Å². The van der Waals surface area contributed by atoms with Crippen molar-refractivity contribution >= 4 is 0 Å². The van der Waals surface area contributed by atoms with Crippen LogP contribution < -0.4 is 0 Å². The monoisotopic (exact) mass is 330 g/mol. The summed E-state index contributed by atoms with van der Waals surface area (Å²) in [6.45, 7) is 12.4. The van der Waals surface area contributed by atoms with Crippen molar-refractivity contribution in [2.24, 2.45) is 5.92 Å². The van der Waals surface area contributed by atoms with Gasteiger partial charge in [-0.2, -0.15) is 0 Å². The zero-order chi connectivity index (χ0) is 17.4. The van der Waals surface area contributed by atoms with Gasteiger partial charge in [0.25, 0.3) is 5.97 Å². The fraction of sp³-hybridized carbons (Fsp3) is 1.00. The van der Waals surface area contributed by atoms with Crippen LogP contribution in [0.15, 0.2) is 0 Å². The molecule has 0 aromatic rings. The maximum absolute atomic E-state index is 5.92. The molecule has 0 aromatic heterocycles. The molecule has 140 valence electrons. The van der Waals surface area contributed by atoms with Crippen LogP contribution in [0.2, 0.25) is 0 Å². The highest BCUT2D eigenvalue weighted by atomic mass is 16.9. The van der Waals surface area contributed by atoms with Crippen LogP contribution >= 0.6 is 0 Å². The molecule has 23 heavy (non-hydrogen) atoms. The Bertz CT molecular complexity index is 226. The van der Waals surface area contributed by atoms with Crippen molar-refractivity contribution in [3.05, 3.63) is 0 Å². The van der Waals surface area contributed by atoms with E-state index in [4.69, 9.17) is 14.2 Å². The fourth-order valence-corrected chi connectivity index (χ4v) is 3.19. The predicted octanol–water partition coefficient (Wildman–Crippen LogP) is 6.31. The van der Waals surface area contributed by atoms with Gasteiger partial charge in [-0.05, 0) is 26.7 Å². The maximum atomic E-state index is 5.92. The van der Waals surface area contributed by atoms with Crippen LogP contribution in [0.5, 0.6) is 0 Å². The van der Waals surface area contributed by atoms with Gasteiger partial charge in [-0.25, -0.2) is 0 Å². The summed E-state index contributed by atoms with van der Waals surface area (Å²) in [6.07, 6.45) is 12.6. The van der Waals surface area contributed by atoms with Gasteiger partial charge in [0.05, 0.1) is 0 Å². The molecule has 3 nitrogen and oxygen atoms in total. The van der Waals surface area contributed by atoms with Crippen molar-refractivity contribution < 1.29 is 14.2 Å². The molecular formula is C20H42O3.